The van der Waals surface area contributed by atoms with Gasteiger partial charge in [-0.2, -0.15) is 13.2 Å². The standard InChI is InChI=1S/C11H8F4O3/c12-8-4-1-7(2-5-8)3-6-9(16)18-10(17)11(13,14)15/h1-2,4-5H,3,6H2. The van der Waals surface area contributed by atoms with Crippen molar-refractivity contribution in [2.24, 2.45) is 0 Å². The van der Waals surface area contributed by atoms with E-state index in [0.29, 0.717) is 5.56 Å². The van der Waals surface area contributed by atoms with Crippen molar-refractivity contribution in [2.45, 2.75) is 19.0 Å². The second-order valence-electron chi connectivity index (χ2n) is 3.39. The van der Waals surface area contributed by atoms with Crippen LogP contribution in [0.3, 0.4) is 0 Å². The summed E-state index contributed by atoms with van der Waals surface area (Å²) in [6, 6.07) is 5.07. The predicted octanol–water partition coefficient (Wildman–Crippen LogP) is 2.39. The molecular formula is C11H8F4O3. The number of carbonyl (C=O) groups is 2. The van der Waals surface area contributed by atoms with Crippen molar-refractivity contribution in [3.63, 3.8) is 0 Å². The highest BCUT2D eigenvalue weighted by molar-refractivity contribution is 5.88. The molecular weight excluding hydrogens is 256 g/mol. The van der Waals surface area contributed by atoms with Gasteiger partial charge in [0, 0.05) is 0 Å². The average Bonchev–Trinajstić information content (AvgIpc) is 2.27. The van der Waals surface area contributed by atoms with Crippen LogP contribution in [0.15, 0.2) is 24.3 Å². The molecule has 7 heteroatoms. The highest BCUT2D eigenvalue weighted by Crippen LogP contribution is 2.17. The first-order valence-corrected chi connectivity index (χ1v) is 4.85. The minimum absolute atomic E-state index is 0.0598. The van der Waals surface area contributed by atoms with E-state index in [1.165, 1.54) is 12.1 Å². The molecule has 0 heterocycles. The summed E-state index contributed by atoms with van der Waals surface area (Å²) < 4.78 is 51.4. The molecule has 98 valence electrons. The second-order valence-corrected chi connectivity index (χ2v) is 3.39. The summed E-state index contributed by atoms with van der Waals surface area (Å²) in [6.45, 7) is 0. The number of aryl methyl sites for hydroxylation is 1. The Labute approximate surface area is 99.4 Å². The van der Waals surface area contributed by atoms with Crippen molar-refractivity contribution in [1.82, 2.24) is 0 Å². The van der Waals surface area contributed by atoms with Gasteiger partial charge in [0.25, 0.3) is 0 Å². The normalized spacial score (nSPS) is 11.1. The Hall–Kier alpha value is -1.92. The molecule has 0 saturated heterocycles. The summed E-state index contributed by atoms with van der Waals surface area (Å²) in [4.78, 5) is 21.2. The molecule has 0 aromatic heterocycles. The minimum atomic E-state index is -5.19. The van der Waals surface area contributed by atoms with Gasteiger partial charge in [-0.15, -0.1) is 0 Å². The van der Waals surface area contributed by atoms with Crippen LogP contribution in [0.5, 0.6) is 0 Å². The average molecular weight is 264 g/mol. The first-order valence-electron chi connectivity index (χ1n) is 4.85. The first kappa shape index (κ1) is 14.1. The van der Waals surface area contributed by atoms with Gasteiger partial charge >= 0.3 is 18.1 Å². The molecule has 3 nitrogen and oxygen atoms in total. The van der Waals surface area contributed by atoms with E-state index in [2.05, 4.69) is 4.74 Å². The van der Waals surface area contributed by atoms with Crippen LogP contribution in [0.1, 0.15) is 12.0 Å². The summed E-state index contributed by atoms with van der Waals surface area (Å²) in [5.74, 6) is -4.28. The van der Waals surface area contributed by atoms with Crippen LogP contribution in [-0.2, 0) is 20.7 Å². The molecule has 0 fully saturated rings. The fourth-order valence-electron chi connectivity index (χ4n) is 1.11. The third-order valence-corrected chi connectivity index (χ3v) is 1.97. The zero-order valence-electron chi connectivity index (χ0n) is 8.96. The number of ether oxygens (including phenoxy) is 1. The summed E-state index contributed by atoms with van der Waals surface area (Å²) in [6.07, 6.45) is -5.52. The lowest BCUT2D eigenvalue weighted by atomic mass is 10.1. The van der Waals surface area contributed by atoms with Gasteiger partial charge in [-0.25, -0.2) is 9.18 Å². The van der Waals surface area contributed by atoms with E-state index in [0.717, 1.165) is 12.1 Å². The van der Waals surface area contributed by atoms with Gasteiger partial charge in [-0.05, 0) is 24.1 Å². The lowest BCUT2D eigenvalue weighted by Crippen LogP contribution is -2.28. The van der Waals surface area contributed by atoms with Crippen molar-refractivity contribution in [2.75, 3.05) is 0 Å². The highest BCUT2D eigenvalue weighted by atomic mass is 19.4. The Bertz CT molecular complexity index is 437. The molecule has 0 bridgehead atoms. The van der Waals surface area contributed by atoms with E-state index in [1.54, 1.807) is 0 Å². The molecule has 0 aliphatic rings. The van der Waals surface area contributed by atoms with E-state index >= 15 is 0 Å². The molecule has 0 saturated carbocycles. The molecule has 0 aliphatic carbocycles. The molecule has 0 spiro atoms. The fourth-order valence-corrected chi connectivity index (χ4v) is 1.11. The predicted molar refractivity (Wildman–Crippen MR) is 51.9 cm³/mol. The summed E-state index contributed by atoms with van der Waals surface area (Å²) in [5, 5.41) is 0. The number of halogens is 4. The monoisotopic (exact) mass is 264 g/mol. The van der Waals surface area contributed by atoms with Crippen molar-refractivity contribution in [3.8, 4) is 0 Å². The van der Waals surface area contributed by atoms with E-state index < -0.39 is 30.4 Å². The fraction of sp³-hybridized carbons (Fsp3) is 0.273. The van der Waals surface area contributed by atoms with Gasteiger partial charge in [-0.3, -0.25) is 4.79 Å². The van der Waals surface area contributed by atoms with Gasteiger partial charge in [0.15, 0.2) is 0 Å². The van der Waals surface area contributed by atoms with Gasteiger partial charge in [-0.1, -0.05) is 12.1 Å². The van der Waals surface area contributed by atoms with Crippen LogP contribution in [0, 0.1) is 5.82 Å². The molecule has 1 rings (SSSR count). The number of hydrogen-bond acceptors (Lipinski definition) is 3. The molecule has 0 atom stereocenters. The molecule has 0 unspecified atom stereocenters. The smallest absolute Gasteiger partial charge is 0.386 e. The SMILES string of the molecule is O=C(CCc1ccc(F)cc1)OC(=O)C(F)(F)F. The van der Waals surface area contributed by atoms with Gasteiger partial charge in [0.05, 0.1) is 6.42 Å². The Balaban J connectivity index is 2.42. The Morgan fingerprint density at radius 1 is 1.11 bits per heavy atom. The number of rotatable bonds is 3. The van der Waals surface area contributed by atoms with E-state index in [1.807, 2.05) is 0 Å². The number of benzene rings is 1. The second kappa shape index (κ2) is 5.61. The maximum Gasteiger partial charge on any atom is 0.491 e. The lowest BCUT2D eigenvalue weighted by molar-refractivity contribution is -0.201. The first-order chi connectivity index (χ1) is 8.29. The van der Waals surface area contributed by atoms with Gasteiger partial charge in [0.2, 0.25) is 0 Å². The maximum atomic E-state index is 12.5. The minimum Gasteiger partial charge on any atom is -0.386 e. The summed E-state index contributed by atoms with van der Waals surface area (Å²) in [5.41, 5.74) is 0.549. The van der Waals surface area contributed by atoms with Crippen molar-refractivity contribution < 1.29 is 31.9 Å². The van der Waals surface area contributed by atoms with Crippen LogP contribution in [0.25, 0.3) is 0 Å². The van der Waals surface area contributed by atoms with Crippen molar-refractivity contribution in [3.05, 3.63) is 35.6 Å². The zero-order chi connectivity index (χ0) is 13.8. The highest BCUT2D eigenvalue weighted by Gasteiger charge is 2.42. The maximum absolute atomic E-state index is 12.5. The topological polar surface area (TPSA) is 43.4 Å². The van der Waals surface area contributed by atoms with Crippen LogP contribution in [0.2, 0.25) is 0 Å². The van der Waals surface area contributed by atoms with Crippen molar-refractivity contribution >= 4 is 11.9 Å². The van der Waals surface area contributed by atoms with Crippen LogP contribution in [-0.4, -0.2) is 18.1 Å². The molecule has 0 N–H and O–H groups in total. The van der Waals surface area contributed by atoms with Gasteiger partial charge < -0.3 is 4.74 Å². The zero-order valence-corrected chi connectivity index (χ0v) is 8.96. The molecule has 18 heavy (non-hydrogen) atoms. The van der Waals surface area contributed by atoms with E-state index in [9.17, 15) is 27.2 Å². The summed E-state index contributed by atoms with van der Waals surface area (Å²) >= 11 is 0. The van der Waals surface area contributed by atoms with Crippen molar-refractivity contribution in [1.29, 1.82) is 0 Å². The number of carbonyl (C=O) groups excluding carboxylic acids is 2. The largest absolute Gasteiger partial charge is 0.491 e. The van der Waals surface area contributed by atoms with E-state index in [-0.39, 0.29) is 6.42 Å². The molecule has 0 aliphatic heterocycles. The molecule has 1 aromatic rings. The third-order valence-electron chi connectivity index (χ3n) is 1.97. The summed E-state index contributed by atoms with van der Waals surface area (Å²) in [7, 11) is 0. The Morgan fingerprint density at radius 2 is 1.67 bits per heavy atom. The Morgan fingerprint density at radius 3 is 2.17 bits per heavy atom. The molecule has 0 amide bonds. The van der Waals surface area contributed by atoms with Crippen LogP contribution < -0.4 is 0 Å². The lowest BCUT2D eigenvalue weighted by Gasteiger charge is -2.05. The molecule has 1 aromatic carbocycles. The van der Waals surface area contributed by atoms with Crippen LogP contribution >= 0.6 is 0 Å². The Kier molecular flexibility index (Phi) is 4.41. The van der Waals surface area contributed by atoms with Crippen LogP contribution in [0.4, 0.5) is 17.6 Å². The van der Waals surface area contributed by atoms with E-state index in [4.69, 9.17) is 0 Å². The van der Waals surface area contributed by atoms with Gasteiger partial charge in [0.1, 0.15) is 5.82 Å². The number of alkyl halides is 3. The molecule has 0 radical (unpaired) electrons. The number of hydrogen-bond donors (Lipinski definition) is 0. The quantitative estimate of drug-likeness (QED) is 0.478. The number of esters is 2. The third kappa shape index (κ3) is 4.52.